The average molecular weight is 280 g/mol. The fourth-order valence-corrected chi connectivity index (χ4v) is 1.80. The van der Waals surface area contributed by atoms with Crippen LogP contribution in [-0.4, -0.2) is 35.5 Å². The Labute approximate surface area is 125 Å². The highest BCUT2D eigenvalue weighted by Gasteiger charge is 1.89. The Morgan fingerprint density at radius 3 is 1.67 bits per heavy atom. The van der Waals surface area contributed by atoms with Crippen molar-refractivity contribution in [3.63, 3.8) is 0 Å². The second-order valence-corrected chi connectivity index (χ2v) is 4.64. The predicted molar refractivity (Wildman–Crippen MR) is 87.2 cm³/mol. The van der Waals surface area contributed by atoms with Crippen molar-refractivity contribution in [1.82, 2.24) is 9.97 Å². The highest BCUT2D eigenvalue weighted by atomic mass is 14.8. The van der Waals surface area contributed by atoms with Gasteiger partial charge in [0.2, 0.25) is 0 Å². The number of hydrogen-bond donors (Lipinski definition) is 0. The van der Waals surface area contributed by atoms with Crippen LogP contribution in [0.1, 0.15) is 30.7 Å². The van der Waals surface area contributed by atoms with Crippen molar-refractivity contribution in [2.75, 3.05) is 13.1 Å². The van der Waals surface area contributed by atoms with E-state index in [-0.39, 0.29) is 0 Å². The van der Waals surface area contributed by atoms with Gasteiger partial charge in [-0.15, -0.1) is 0 Å². The zero-order valence-electron chi connectivity index (χ0n) is 12.1. The molecule has 0 aliphatic carbocycles. The molecule has 2 heterocycles. The normalized spacial score (nSPS) is 11.4. The Balaban J connectivity index is 1.52. The Hall–Kier alpha value is -2.36. The number of hydrogen-bond acceptors (Lipinski definition) is 4. The minimum Gasteiger partial charge on any atom is -0.291 e. The van der Waals surface area contributed by atoms with Gasteiger partial charge in [0.1, 0.15) is 0 Å². The number of aromatic nitrogens is 2. The largest absolute Gasteiger partial charge is 0.291 e. The van der Waals surface area contributed by atoms with Crippen LogP contribution in [0.5, 0.6) is 0 Å². The van der Waals surface area contributed by atoms with Gasteiger partial charge in [-0.05, 0) is 43.5 Å². The molecule has 21 heavy (non-hydrogen) atoms. The summed E-state index contributed by atoms with van der Waals surface area (Å²) in [5.41, 5.74) is 1.83. The minimum absolute atomic E-state index is 0.848. The molecule has 0 saturated carbocycles. The highest BCUT2D eigenvalue weighted by Crippen LogP contribution is 1.97. The fourth-order valence-electron chi connectivity index (χ4n) is 1.80. The molecule has 0 amide bonds. The van der Waals surface area contributed by atoms with E-state index >= 15 is 0 Å². The third-order valence-electron chi connectivity index (χ3n) is 2.90. The van der Waals surface area contributed by atoms with Gasteiger partial charge in [-0.1, -0.05) is 12.1 Å². The maximum absolute atomic E-state index is 4.37. The Kier molecular flexibility index (Phi) is 6.82. The molecular weight excluding hydrogens is 260 g/mol. The molecule has 0 radical (unpaired) electrons. The van der Waals surface area contributed by atoms with Gasteiger partial charge in [-0.3, -0.25) is 20.0 Å². The van der Waals surface area contributed by atoms with Gasteiger partial charge in [0.25, 0.3) is 0 Å². The van der Waals surface area contributed by atoms with Crippen LogP contribution in [0, 0.1) is 0 Å². The first kappa shape index (κ1) is 15.0. The average Bonchev–Trinajstić information content (AvgIpc) is 2.55. The first-order valence-electron chi connectivity index (χ1n) is 7.27. The number of nitrogens with zero attached hydrogens (tertiary/aromatic N) is 4. The molecule has 2 aromatic heterocycles. The third kappa shape index (κ3) is 6.56. The lowest BCUT2D eigenvalue weighted by Gasteiger charge is -1.96. The van der Waals surface area contributed by atoms with Gasteiger partial charge in [0, 0.05) is 37.9 Å². The van der Waals surface area contributed by atoms with Gasteiger partial charge in [0.15, 0.2) is 0 Å². The van der Waals surface area contributed by atoms with Crippen molar-refractivity contribution in [1.29, 1.82) is 0 Å². The molecule has 0 aliphatic heterocycles. The second kappa shape index (κ2) is 9.53. The van der Waals surface area contributed by atoms with Crippen molar-refractivity contribution < 1.29 is 0 Å². The number of unbranched alkanes of at least 4 members (excludes halogenated alkanes) is 2. The van der Waals surface area contributed by atoms with Crippen LogP contribution in [0.25, 0.3) is 0 Å². The molecule has 0 N–H and O–H groups in total. The summed E-state index contributed by atoms with van der Waals surface area (Å²) in [5, 5.41) is 0. The molecule has 2 rings (SSSR count). The Morgan fingerprint density at radius 1 is 0.714 bits per heavy atom. The molecule has 0 bridgehead atoms. The Bertz CT molecular complexity index is 498. The maximum atomic E-state index is 4.37. The van der Waals surface area contributed by atoms with E-state index in [0.29, 0.717) is 0 Å². The summed E-state index contributed by atoms with van der Waals surface area (Å²) in [6, 6.07) is 11.7. The number of aliphatic imine (C=N–C) groups is 2. The number of pyridine rings is 2. The van der Waals surface area contributed by atoms with E-state index in [1.54, 1.807) is 12.4 Å². The molecule has 108 valence electrons. The minimum atomic E-state index is 0.848. The summed E-state index contributed by atoms with van der Waals surface area (Å²) in [6.07, 6.45) is 10.5. The molecule has 0 aromatic carbocycles. The standard InChI is InChI=1S/C17H20N4/c1(4-10-18-14-16-8-2-6-12-20-16)5-11-19-15-17-9-3-7-13-21-17/h2-3,6-9,12-15H,1,4-5,10-11H2. The van der Waals surface area contributed by atoms with Gasteiger partial charge in [-0.2, -0.15) is 0 Å². The predicted octanol–water partition coefficient (Wildman–Crippen LogP) is 3.18. The molecule has 0 saturated heterocycles. The molecule has 4 nitrogen and oxygen atoms in total. The lowest BCUT2D eigenvalue weighted by Crippen LogP contribution is -1.90. The SMILES string of the molecule is C(=NCCCCCN=Cc1ccccn1)c1ccccn1. The van der Waals surface area contributed by atoms with Crippen molar-refractivity contribution in [2.24, 2.45) is 9.98 Å². The quantitative estimate of drug-likeness (QED) is 0.551. The summed E-state index contributed by atoms with van der Waals surface area (Å²) in [6.45, 7) is 1.70. The van der Waals surface area contributed by atoms with E-state index in [0.717, 1.165) is 43.7 Å². The van der Waals surface area contributed by atoms with Gasteiger partial charge in [-0.25, -0.2) is 0 Å². The van der Waals surface area contributed by atoms with E-state index in [9.17, 15) is 0 Å². The van der Waals surface area contributed by atoms with Crippen LogP contribution < -0.4 is 0 Å². The molecule has 0 fully saturated rings. The molecule has 4 heteroatoms. The van der Waals surface area contributed by atoms with Crippen molar-refractivity contribution in [3.8, 4) is 0 Å². The second-order valence-electron chi connectivity index (χ2n) is 4.64. The monoisotopic (exact) mass is 280 g/mol. The summed E-state index contributed by atoms with van der Waals surface area (Å²) < 4.78 is 0. The summed E-state index contributed by atoms with van der Waals surface area (Å²) in [4.78, 5) is 17.1. The smallest absolute Gasteiger partial charge is 0.0807 e. The maximum Gasteiger partial charge on any atom is 0.0807 e. The topological polar surface area (TPSA) is 50.5 Å². The van der Waals surface area contributed by atoms with Gasteiger partial charge < -0.3 is 0 Å². The van der Waals surface area contributed by atoms with Crippen LogP contribution in [0.2, 0.25) is 0 Å². The molecule has 0 spiro atoms. The van der Waals surface area contributed by atoms with Crippen LogP contribution >= 0.6 is 0 Å². The lowest BCUT2D eigenvalue weighted by molar-refractivity contribution is 0.698. The summed E-state index contributed by atoms with van der Waals surface area (Å²) >= 11 is 0. The first-order chi connectivity index (χ1) is 10.4. The van der Waals surface area contributed by atoms with Crippen LogP contribution in [0.4, 0.5) is 0 Å². The first-order valence-corrected chi connectivity index (χ1v) is 7.27. The lowest BCUT2D eigenvalue weighted by atomic mass is 10.2. The highest BCUT2D eigenvalue weighted by molar-refractivity contribution is 5.77. The van der Waals surface area contributed by atoms with Crippen molar-refractivity contribution >= 4 is 12.4 Å². The van der Waals surface area contributed by atoms with Gasteiger partial charge in [0.05, 0.1) is 11.4 Å². The number of rotatable bonds is 8. The van der Waals surface area contributed by atoms with E-state index < -0.39 is 0 Å². The van der Waals surface area contributed by atoms with Crippen LogP contribution in [0.15, 0.2) is 58.8 Å². The molecule has 0 atom stereocenters. The molecular formula is C17H20N4. The van der Waals surface area contributed by atoms with E-state index in [1.165, 1.54) is 0 Å². The zero-order chi connectivity index (χ0) is 14.6. The zero-order valence-corrected chi connectivity index (χ0v) is 12.1. The third-order valence-corrected chi connectivity index (χ3v) is 2.90. The summed E-state index contributed by atoms with van der Waals surface area (Å²) in [5.74, 6) is 0. The van der Waals surface area contributed by atoms with Crippen LogP contribution in [0.3, 0.4) is 0 Å². The Morgan fingerprint density at radius 2 is 1.24 bits per heavy atom. The molecule has 0 aliphatic rings. The van der Waals surface area contributed by atoms with E-state index in [4.69, 9.17) is 0 Å². The fraction of sp³-hybridized carbons (Fsp3) is 0.294. The molecule has 0 unspecified atom stereocenters. The van der Waals surface area contributed by atoms with Crippen LogP contribution in [-0.2, 0) is 0 Å². The van der Waals surface area contributed by atoms with E-state index in [2.05, 4.69) is 20.0 Å². The van der Waals surface area contributed by atoms with Crippen molar-refractivity contribution in [2.45, 2.75) is 19.3 Å². The summed E-state index contributed by atoms with van der Waals surface area (Å²) in [7, 11) is 0. The molecule has 2 aromatic rings. The van der Waals surface area contributed by atoms with Gasteiger partial charge >= 0.3 is 0 Å². The van der Waals surface area contributed by atoms with E-state index in [1.807, 2.05) is 48.8 Å². The van der Waals surface area contributed by atoms with Crippen molar-refractivity contribution in [3.05, 3.63) is 60.2 Å².